The minimum absolute atomic E-state index is 0.178. The van der Waals surface area contributed by atoms with Crippen molar-refractivity contribution in [3.8, 4) is 0 Å². The van der Waals surface area contributed by atoms with E-state index in [-0.39, 0.29) is 12.1 Å². The van der Waals surface area contributed by atoms with Gasteiger partial charge in [0, 0.05) is 6.08 Å². The van der Waals surface area contributed by atoms with Crippen LogP contribution in [0.1, 0.15) is 40.0 Å². The summed E-state index contributed by atoms with van der Waals surface area (Å²) in [6, 6.07) is 0. The molecule has 4 rings (SSSR count). The minimum Gasteiger partial charge on any atom is -0.459 e. The topological polar surface area (TPSA) is 26.3 Å². The van der Waals surface area contributed by atoms with E-state index in [0.717, 1.165) is 41.9 Å². The van der Waals surface area contributed by atoms with Crippen molar-refractivity contribution in [3.05, 3.63) is 12.7 Å². The van der Waals surface area contributed by atoms with Crippen LogP contribution in [0.5, 0.6) is 0 Å². The van der Waals surface area contributed by atoms with Crippen LogP contribution in [0.4, 0.5) is 0 Å². The second kappa shape index (κ2) is 3.90. The lowest BCUT2D eigenvalue weighted by molar-refractivity contribution is -0.149. The lowest BCUT2D eigenvalue weighted by atomic mass is 9.58. The van der Waals surface area contributed by atoms with Gasteiger partial charge in [0.2, 0.25) is 0 Å². The van der Waals surface area contributed by atoms with Crippen molar-refractivity contribution < 1.29 is 9.53 Å². The highest BCUT2D eigenvalue weighted by Gasteiger charge is 2.69. The largest absolute Gasteiger partial charge is 0.459 e. The van der Waals surface area contributed by atoms with Crippen LogP contribution in [-0.4, -0.2) is 12.1 Å². The standard InChI is InChI=1S/C18H26O2/c1-5-15(19)20-14-7-10-6-12(14)17-13-8-11(16(10)17)9(2)18(13,3)4/h5,9-14,16-17H,1,6-8H2,2-4H3. The Bertz CT molecular complexity index is 466. The van der Waals surface area contributed by atoms with Gasteiger partial charge in [-0.15, -0.1) is 0 Å². The molecule has 0 N–H and O–H groups in total. The summed E-state index contributed by atoms with van der Waals surface area (Å²) in [6.07, 6.45) is 5.34. The van der Waals surface area contributed by atoms with Crippen LogP contribution in [0.2, 0.25) is 0 Å². The van der Waals surface area contributed by atoms with Crippen LogP contribution in [0, 0.1) is 46.8 Å². The molecule has 4 saturated carbocycles. The third-order valence-electron chi connectivity index (χ3n) is 7.76. The van der Waals surface area contributed by atoms with Crippen molar-refractivity contribution >= 4 is 5.97 Å². The zero-order valence-corrected chi connectivity index (χ0v) is 12.8. The molecule has 4 aliphatic rings. The first-order chi connectivity index (χ1) is 9.45. The molecule has 4 bridgehead atoms. The summed E-state index contributed by atoms with van der Waals surface area (Å²) in [5.74, 6) is 5.65. The van der Waals surface area contributed by atoms with Gasteiger partial charge in [-0.3, -0.25) is 0 Å². The molecular weight excluding hydrogens is 248 g/mol. The summed E-state index contributed by atoms with van der Waals surface area (Å²) in [4.78, 5) is 11.5. The number of fused-ring (bicyclic) bond motifs is 9. The molecule has 4 aliphatic carbocycles. The first kappa shape index (κ1) is 12.9. The normalized spacial score (nSPS) is 54.0. The Kier molecular flexibility index (Phi) is 2.52. The number of carbonyl (C=O) groups excluding carboxylic acids is 1. The van der Waals surface area contributed by atoms with E-state index in [2.05, 4.69) is 27.4 Å². The molecule has 20 heavy (non-hydrogen) atoms. The summed E-state index contributed by atoms with van der Waals surface area (Å²) in [6.45, 7) is 10.9. The third-order valence-corrected chi connectivity index (χ3v) is 7.76. The molecule has 0 aromatic carbocycles. The maximum Gasteiger partial charge on any atom is 0.330 e. The van der Waals surface area contributed by atoms with Gasteiger partial charge in [-0.25, -0.2) is 4.79 Å². The van der Waals surface area contributed by atoms with Crippen LogP contribution in [0.15, 0.2) is 12.7 Å². The van der Waals surface area contributed by atoms with Gasteiger partial charge < -0.3 is 4.74 Å². The van der Waals surface area contributed by atoms with Crippen LogP contribution in [0.25, 0.3) is 0 Å². The summed E-state index contributed by atoms with van der Waals surface area (Å²) in [5.41, 5.74) is 0.476. The Balaban J connectivity index is 1.60. The van der Waals surface area contributed by atoms with E-state index in [4.69, 9.17) is 4.74 Å². The van der Waals surface area contributed by atoms with Gasteiger partial charge in [0.05, 0.1) is 0 Å². The molecule has 0 saturated heterocycles. The Hall–Kier alpha value is -0.790. The lowest BCUT2D eigenvalue weighted by Crippen LogP contribution is -2.45. The predicted molar refractivity (Wildman–Crippen MR) is 77.8 cm³/mol. The number of hydrogen-bond acceptors (Lipinski definition) is 2. The molecule has 0 amide bonds. The molecule has 0 aliphatic heterocycles. The first-order valence-corrected chi connectivity index (χ1v) is 8.28. The molecule has 0 aromatic rings. The van der Waals surface area contributed by atoms with Gasteiger partial charge >= 0.3 is 5.97 Å². The lowest BCUT2D eigenvalue weighted by Gasteiger charge is -2.48. The Morgan fingerprint density at radius 3 is 2.65 bits per heavy atom. The fraction of sp³-hybridized carbons (Fsp3) is 0.833. The molecule has 2 heteroatoms. The van der Waals surface area contributed by atoms with Crippen LogP contribution in [-0.2, 0) is 9.53 Å². The highest BCUT2D eigenvalue weighted by molar-refractivity contribution is 5.81. The fourth-order valence-corrected chi connectivity index (χ4v) is 6.76. The highest BCUT2D eigenvalue weighted by atomic mass is 16.5. The van der Waals surface area contributed by atoms with Crippen molar-refractivity contribution in [2.24, 2.45) is 46.8 Å². The maximum absolute atomic E-state index is 11.5. The van der Waals surface area contributed by atoms with E-state index >= 15 is 0 Å². The summed E-state index contributed by atoms with van der Waals surface area (Å²) in [5, 5.41) is 0. The van der Waals surface area contributed by atoms with Gasteiger partial charge in [0.15, 0.2) is 0 Å². The van der Waals surface area contributed by atoms with Crippen molar-refractivity contribution in [1.82, 2.24) is 0 Å². The zero-order chi connectivity index (χ0) is 14.2. The van der Waals surface area contributed by atoms with Gasteiger partial charge in [0.1, 0.15) is 6.10 Å². The van der Waals surface area contributed by atoms with Crippen LogP contribution < -0.4 is 0 Å². The highest BCUT2D eigenvalue weighted by Crippen LogP contribution is 2.73. The van der Waals surface area contributed by atoms with Crippen molar-refractivity contribution in [2.45, 2.75) is 46.1 Å². The molecule has 8 atom stereocenters. The van der Waals surface area contributed by atoms with Gasteiger partial charge in [-0.2, -0.15) is 0 Å². The molecule has 0 heterocycles. The number of esters is 1. The van der Waals surface area contributed by atoms with Crippen molar-refractivity contribution in [1.29, 1.82) is 0 Å². The van der Waals surface area contributed by atoms with E-state index in [0.29, 0.717) is 11.3 Å². The van der Waals surface area contributed by atoms with Crippen LogP contribution >= 0.6 is 0 Å². The average Bonchev–Trinajstić information content (AvgIpc) is 3.09. The molecule has 8 unspecified atom stereocenters. The molecule has 0 aromatic heterocycles. The molecule has 4 fully saturated rings. The molecular formula is C18H26O2. The third kappa shape index (κ3) is 1.38. The SMILES string of the molecule is C=CC(=O)OC1CC2CC1C1C2C2CC1C(C)(C)C2C. The van der Waals surface area contributed by atoms with Crippen molar-refractivity contribution in [3.63, 3.8) is 0 Å². The maximum atomic E-state index is 11.5. The van der Waals surface area contributed by atoms with Gasteiger partial charge in [-0.05, 0) is 66.1 Å². The van der Waals surface area contributed by atoms with E-state index in [9.17, 15) is 4.79 Å². The second-order valence-corrected chi connectivity index (χ2v) is 8.35. The average molecular weight is 274 g/mol. The predicted octanol–water partition coefficient (Wildman–Crippen LogP) is 3.67. The zero-order valence-electron chi connectivity index (χ0n) is 12.8. The minimum atomic E-state index is -0.227. The number of ether oxygens (including phenoxy) is 1. The quantitative estimate of drug-likeness (QED) is 0.436. The summed E-state index contributed by atoms with van der Waals surface area (Å²) in [7, 11) is 0. The Morgan fingerprint density at radius 1 is 1.20 bits per heavy atom. The number of rotatable bonds is 2. The number of carbonyl (C=O) groups is 1. The van der Waals surface area contributed by atoms with E-state index in [1.165, 1.54) is 18.9 Å². The summed E-state index contributed by atoms with van der Waals surface area (Å²) < 4.78 is 5.65. The second-order valence-electron chi connectivity index (χ2n) is 8.35. The molecule has 110 valence electrons. The van der Waals surface area contributed by atoms with E-state index in [1.54, 1.807) is 0 Å². The van der Waals surface area contributed by atoms with Crippen LogP contribution in [0.3, 0.4) is 0 Å². The van der Waals surface area contributed by atoms with E-state index in [1.807, 2.05) is 0 Å². The van der Waals surface area contributed by atoms with Gasteiger partial charge in [-0.1, -0.05) is 27.4 Å². The Morgan fingerprint density at radius 2 is 1.95 bits per heavy atom. The first-order valence-electron chi connectivity index (χ1n) is 8.28. The van der Waals surface area contributed by atoms with Crippen molar-refractivity contribution in [2.75, 3.05) is 0 Å². The molecule has 0 radical (unpaired) electrons. The summed E-state index contributed by atoms with van der Waals surface area (Å²) >= 11 is 0. The van der Waals surface area contributed by atoms with Gasteiger partial charge in [0.25, 0.3) is 0 Å². The molecule has 2 nitrogen and oxygen atoms in total. The monoisotopic (exact) mass is 274 g/mol. The van der Waals surface area contributed by atoms with E-state index < -0.39 is 0 Å². The fourth-order valence-electron chi connectivity index (χ4n) is 6.76. The Labute approximate surface area is 122 Å². The molecule has 0 spiro atoms. The number of hydrogen-bond donors (Lipinski definition) is 0. The smallest absolute Gasteiger partial charge is 0.330 e.